The molecule has 0 aromatic rings. The highest BCUT2D eigenvalue weighted by atomic mass is 27.0. The topological polar surface area (TPSA) is 147 Å². The highest BCUT2D eigenvalue weighted by Crippen LogP contribution is 1.66. The van der Waals surface area contributed by atoms with Gasteiger partial charge in [-0.1, -0.05) is 0 Å². The third-order valence-electron chi connectivity index (χ3n) is 0.287. The van der Waals surface area contributed by atoms with Crippen molar-refractivity contribution in [2.24, 2.45) is 5.73 Å². The summed E-state index contributed by atoms with van der Waals surface area (Å²) in [5.74, 6) is 0. The fraction of sp³-hybridized carbons (Fsp3) is 0.667. The number of ether oxygens (including phenoxy) is 1. The molecule has 0 fully saturated rings. The van der Waals surface area contributed by atoms with Crippen molar-refractivity contribution >= 4 is 23.5 Å². The van der Waals surface area contributed by atoms with Gasteiger partial charge in [0.15, 0.2) is 0 Å². The molecule has 0 aromatic carbocycles. The molecule has 10 heavy (non-hydrogen) atoms. The molecule has 0 spiro atoms. The maximum atomic E-state index is 9.60. The first-order chi connectivity index (χ1) is 2.77. The van der Waals surface area contributed by atoms with E-state index >= 15 is 0 Å². The first kappa shape index (κ1) is 33.3. The van der Waals surface area contributed by atoms with Crippen LogP contribution in [0, 0.1) is 0 Å². The molecule has 0 bridgehead atoms. The van der Waals surface area contributed by atoms with E-state index < -0.39 is 6.09 Å². The maximum absolute atomic E-state index is 9.60. The molecule has 0 aliphatic carbocycles. The van der Waals surface area contributed by atoms with Gasteiger partial charge in [0, 0.05) is 17.4 Å². The summed E-state index contributed by atoms with van der Waals surface area (Å²) >= 11 is 0. The Labute approximate surface area is 69.4 Å². The van der Waals surface area contributed by atoms with E-state index in [0.29, 0.717) is 6.61 Å². The fourth-order valence-electron chi connectivity index (χ4n) is 0.142. The minimum Gasteiger partial charge on any atom is -0.450 e. The van der Waals surface area contributed by atoms with E-state index in [2.05, 4.69) is 10.5 Å². The highest BCUT2D eigenvalue weighted by Gasteiger charge is 1.82. The minimum absolute atomic E-state index is 0. The number of hydrogen-bond donors (Lipinski definition) is 1. The summed E-state index contributed by atoms with van der Waals surface area (Å²) in [6, 6.07) is 0. The molecule has 0 saturated heterocycles. The van der Waals surface area contributed by atoms with Gasteiger partial charge in [0.2, 0.25) is 0 Å². The van der Waals surface area contributed by atoms with Crippen LogP contribution in [0.15, 0.2) is 0 Å². The Kier molecular flexibility index (Phi) is 77.8. The molecule has 1 amide bonds. The Morgan fingerprint density at radius 2 is 1.70 bits per heavy atom. The van der Waals surface area contributed by atoms with Gasteiger partial charge >= 0.3 is 6.09 Å². The van der Waals surface area contributed by atoms with Gasteiger partial charge in [-0.15, -0.1) is 0 Å². The first-order valence-corrected chi connectivity index (χ1v) is 1.69. The number of nitrogens with two attached hydrogens (primary N) is 1. The Hall–Kier alpha value is -0.318. The smallest absolute Gasteiger partial charge is 0.404 e. The van der Waals surface area contributed by atoms with Crippen molar-refractivity contribution in [1.82, 2.24) is 0 Å². The van der Waals surface area contributed by atoms with E-state index in [1.165, 1.54) is 0 Å². The second-order valence-electron chi connectivity index (χ2n) is 0.752. The van der Waals surface area contributed by atoms with Gasteiger partial charge in [-0.25, -0.2) is 4.79 Å². The highest BCUT2D eigenvalue weighted by molar-refractivity contribution is 5.75. The van der Waals surface area contributed by atoms with Gasteiger partial charge in [0.1, 0.15) is 0 Å². The van der Waals surface area contributed by atoms with Crippen LogP contribution >= 0.6 is 0 Å². The molecule has 0 aliphatic rings. The molecule has 3 radical (unpaired) electrons. The number of primary amides is 1. The summed E-state index contributed by atoms with van der Waals surface area (Å²) in [6.07, 6.45) is -0.711. The Balaban J connectivity index is -0.0000000208. The molecular weight excluding hydrogens is 157 g/mol. The van der Waals surface area contributed by atoms with Crippen LogP contribution in [-0.2, 0) is 4.74 Å². The van der Waals surface area contributed by atoms with E-state index in [0.717, 1.165) is 0 Å². The van der Waals surface area contributed by atoms with Crippen LogP contribution in [0.25, 0.3) is 0 Å². The number of hydrogen-bond acceptors (Lipinski definition) is 2. The van der Waals surface area contributed by atoms with Crippen molar-refractivity contribution in [3.63, 3.8) is 0 Å². The molecule has 8 N–H and O–H groups in total. The zero-order chi connectivity index (χ0) is 4.99. The summed E-state index contributed by atoms with van der Waals surface area (Å²) < 4.78 is 4.18. The largest absolute Gasteiger partial charge is 0.450 e. The Morgan fingerprint density at radius 1 is 1.40 bits per heavy atom. The molecule has 7 heteroatoms. The van der Waals surface area contributed by atoms with Crippen molar-refractivity contribution in [3.05, 3.63) is 0 Å². The summed E-state index contributed by atoms with van der Waals surface area (Å²) in [4.78, 5) is 9.60. The number of rotatable bonds is 1. The van der Waals surface area contributed by atoms with Crippen LogP contribution < -0.4 is 5.73 Å². The lowest BCUT2D eigenvalue weighted by molar-refractivity contribution is 0.163. The van der Waals surface area contributed by atoms with E-state index in [9.17, 15) is 4.79 Å². The van der Waals surface area contributed by atoms with E-state index in [1.54, 1.807) is 6.92 Å². The first-order valence-electron chi connectivity index (χ1n) is 1.69. The normalized spacial score (nSPS) is 4.50. The van der Waals surface area contributed by atoms with Crippen molar-refractivity contribution < 1.29 is 26.0 Å². The molecule has 6 nitrogen and oxygen atoms in total. The Morgan fingerprint density at radius 3 is 1.70 bits per heavy atom. The standard InChI is InChI=1S/C3H7NO2.Al.3H2O/c1-2-6-3(4)5;;;;/h2H2,1H3,(H2,4,5);;3*1H2. The summed E-state index contributed by atoms with van der Waals surface area (Å²) in [5.41, 5.74) is 4.54. The molecule has 0 heterocycles. The summed E-state index contributed by atoms with van der Waals surface area (Å²) in [6.45, 7) is 2.06. The van der Waals surface area contributed by atoms with Crippen molar-refractivity contribution in [2.45, 2.75) is 6.92 Å². The average Bonchev–Trinajstić information content (AvgIpc) is 1.35. The second-order valence-corrected chi connectivity index (χ2v) is 0.752. The predicted molar refractivity (Wildman–Crippen MR) is 37.8 cm³/mol. The second kappa shape index (κ2) is 23.4. The van der Waals surface area contributed by atoms with Crippen LogP contribution in [-0.4, -0.2) is 46.5 Å². The van der Waals surface area contributed by atoms with Gasteiger partial charge < -0.3 is 26.9 Å². The van der Waals surface area contributed by atoms with Gasteiger partial charge in [-0.3, -0.25) is 0 Å². The monoisotopic (exact) mass is 170 g/mol. The number of carbonyl (C=O) groups excluding carboxylic acids is 1. The van der Waals surface area contributed by atoms with Crippen LogP contribution in [0.1, 0.15) is 6.92 Å². The zero-order valence-electron chi connectivity index (χ0n) is 5.68. The van der Waals surface area contributed by atoms with Crippen LogP contribution in [0.3, 0.4) is 0 Å². The lowest BCUT2D eigenvalue weighted by Gasteiger charge is -1.89. The van der Waals surface area contributed by atoms with Gasteiger partial charge in [-0.05, 0) is 6.92 Å². The zero-order valence-corrected chi connectivity index (χ0v) is 6.83. The third kappa shape index (κ3) is 47.7. The molecule has 0 atom stereocenters. The number of carbonyl (C=O) groups is 1. The van der Waals surface area contributed by atoms with E-state index in [4.69, 9.17) is 0 Å². The molecule has 0 rings (SSSR count). The van der Waals surface area contributed by atoms with Crippen LogP contribution in [0.2, 0.25) is 0 Å². The van der Waals surface area contributed by atoms with Gasteiger partial charge in [0.25, 0.3) is 0 Å². The lowest BCUT2D eigenvalue weighted by Crippen LogP contribution is -2.11. The lowest BCUT2D eigenvalue weighted by atomic mass is 10.9. The number of amides is 1. The SMILES string of the molecule is CCOC(N)=O.O.O.O.[Al]. The summed E-state index contributed by atoms with van der Waals surface area (Å²) in [5, 5.41) is 0. The van der Waals surface area contributed by atoms with Gasteiger partial charge in [-0.2, -0.15) is 0 Å². The average molecular weight is 170 g/mol. The van der Waals surface area contributed by atoms with Crippen LogP contribution in [0.4, 0.5) is 4.79 Å². The third-order valence-corrected chi connectivity index (χ3v) is 0.287. The van der Waals surface area contributed by atoms with E-state index in [-0.39, 0.29) is 33.8 Å². The minimum atomic E-state index is -0.711. The molecule has 63 valence electrons. The van der Waals surface area contributed by atoms with Gasteiger partial charge in [0.05, 0.1) is 6.61 Å². The van der Waals surface area contributed by atoms with Crippen molar-refractivity contribution in [2.75, 3.05) is 6.61 Å². The van der Waals surface area contributed by atoms with Crippen molar-refractivity contribution in [3.8, 4) is 0 Å². The van der Waals surface area contributed by atoms with Crippen molar-refractivity contribution in [1.29, 1.82) is 0 Å². The fourth-order valence-corrected chi connectivity index (χ4v) is 0.142. The maximum Gasteiger partial charge on any atom is 0.404 e. The van der Waals surface area contributed by atoms with Crippen LogP contribution in [0.5, 0.6) is 0 Å². The Bertz CT molecular complexity index is 60.9. The molecule has 0 aliphatic heterocycles. The molecule has 0 unspecified atom stereocenters. The summed E-state index contributed by atoms with van der Waals surface area (Å²) in [7, 11) is 0. The van der Waals surface area contributed by atoms with E-state index in [1.807, 2.05) is 0 Å². The quantitative estimate of drug-likeness (QED) is 0.425. The molecule has 0 aromatic heterocycles. The molecular formula is C3H13AlNO5. The molecule has 0 saturated carbocycles. The predicted octanol–water partition coefficient (Wildman–Crippen LogP) is -2.75.